The van der Waals surface area contributed by atoms with E-state index in [2.05, 4.69) is 6.58 Å². The highest BCUT2D eigenvalue weighted by Gasteiger charge is 1.75. The Morgan fingerprint density at radius 1 is 1.67 bits per heavy atom. The molecule has 0 aromatic rings. The fourth-order valence-corrected chi connectivity index (χ4v) is 0.472. The van der Waals surface area contributed by atoms with E-state index in [9.17, 15) is 4.39 Å². The summed E-state index contributed by atoms with van der Waals surface area (Å²) in [6.07, 6.45) is 6.70. The molecule has 0 radical (unpaired) electrons. The van der Waals surface area contributed by atoms with Gasteiger partial charge in [0.05, 0.1) is 0 Å². The number of allylic oxidation sites excluding steroid dienone is 5. The van der Waals surface area contributed by atoms with Gasteiger partial charge >= 0.3 is 0 Å². The average molecular weight is 126 g/mol. The molecule has 0 aliphatic rings. The second-order valence-electron chi connectivity index (χ2n) is 1.70. The zero-order valence-electron chi connectivity index (χ0n) is 5.60. The molecule has 0 atom stereocenters. The molecule has 50 valence electrons. The van der Waals surface area contributed by atoms with Crippen molar-refractivity contribution in [3.05, 3.63) is 36.5 Å². The molecule has 0 spiro atoms. The molecule has 0 fully saturated rings. The van der Waals surface area contributed by atoms with Crippen molar-refractivity contribution >= 4 is 0 Å². The number of rotatable bonds is 3. The third-order valence-corrected chi connectivity index (χ3v) is 0.851. The Hall–Kier alpha value is -0.850. The Morgan fingerprint density at radius 3 is 2.78 bits per heavy atom. The van der Waals surface area contributed by atoms with Crippen molar-refractivity contribution in [2.75, 3.05) is 6.67 Å². The summed E-state index contributed by atoms with van der Waals surface area (Å²) < 4.78 is 11.5. The van der Waals surface area contributed by atoms with Crippen LogP contribution in [0.1, 0.15) is 6.92 Å². The fourth-order valence-electron chi connectivity index (χ4n) is 0.472. The molecule has 1 heteroatoms. The van der Waals surface area contributed by atoms with Crippen LogP contribution in [0.4, 0.5) is 4.39 Å². The predicted molar refractivity (Wildman–Crippen MR) is 39.1 cm³/mol. The maximum absolute atomic E-state index is 11.5. The molecule has 0 saturated carbocycles. The van der Waals surface area contributed by atoms with Gasteiger partial charge in [0.25, 0.3) is 0 Å². The Balaban J connectivity index is 3.74. The fraction of sp³-hybridized carbons (Fsp3) is 0.250. The van der Waals surface area contributed by atoms with Crippen LogP contribution in [0.3, 0.4) is 0 Å². The topological polar surface area (TPSA) is 0 Å². The van der Waals surface area contributed by atoms with E-state index in [4.69, 9.17) is 0 Å². The predicted octanol–water partition coefficient (Wildman–Crippen LogP) is 2.64. The number of hydrogen-bond acceptors (Lipinski definition) is 0. The van der Waals surface area contributed by atoms with E-state index in [0.29, 0.717) is 0 Å². The van der Waals surface area contributed by atoms with Gasteiger partial charge in [-0.25, -0.2) is 4.39 Å². The van der Waals surface area contributed by atoms with E-state index in [1.165, 1.54) is 6.08 Å². The first kappa shape index (κ1) is 8.15. The summed E-state index contributed by atoms with van der Waals surface area (Å²) in [6, 6.07) is 0. The standard InChI is InChI=1S/C8H11F/c1-3-5-8(2)6-4-7-9/h3-6H,1,7H2,2H3/b6-4-,8-5-. The van der Waals surface area contributed by atoms with Crippen molar-refractivity contribution in [2.24, 2.45) is 0 Å². The Morgan fingerprint density at radius 2 is 2.33 bits per heavy atom. The molecule has 0 aromatic carbocycles. The van der Waals surface area contributed by atoms with Gasteiger partial charge in [-0.3, -0.25) is 0 Å². The van der Waals surface area contributed by atoms with E-state index < -0.39 is 6.67 Å². The SMILES string of the molecule is C=C/C=C(C)\C=C/CF. The van der Waals surface area contributed by atoms with Crippen molar-refractivity contribution in [3.63, 3.8) is 0 Å². The molecule has 0 saturated heterocycles. The summed E-state index contributed by atoms with van der Waals surface area (Å²) in [6.45, 7) is 5.00. The number of alkyl halides is 1. The highest BCUT2D eigenvalue weighted by atomic mass is 19.1. The van der Waals surface area contributed by atoms with Gasteiger partial charge in [0.1, 0.15) is 6.67 Å². The summed E-state index contributed by atoms with van der Waals surface area (Å²) >= 11 is 0. The largest absolute Gasteiger partial charge is 0.247 e. The second kappa shape index (κ2) is 5.29. The minimum Gasteiger partial charge on any atom is -0.247 e. The first-order valence-electron chi connectivity index (χ1n) is 2.83. The minimum atomic E-state index is -0.400. The summed E-state index contributed by atoms with van der Waals surface area (Å²) in [5.74, 6) is 0. The number of hydrogen-bond donors (Lipinski definition) is 0. The third kappa shape index (κ3) is 5.01. The monoisotopic (exact) mass is 126 g/mol. The third-order valence-electron chi connectivity index (χ3n) is 0.851. The van der Waals surface area contributed by atoms with Gasteiger partial charge in [-0.1, -0.05) is 36.5 Å². The summed E-state index contributed by atoms with van der Waals surface area (Å²) in [4.78, 5) is 0. The van der Waals surface area contributed by atoms with Gasteiger partial charge in [0.2, 0.25) is 0 Å². The normalized spacial score (nSPS) is 12.4. The van der Waals surface area contributed by atoms with Crippen molar-refractivity contribution in [2.45, 2.75) is 6.92 Å². The molecule has 0 unspecified atom stereocenters. The highest BCUT2D eigenvalue weighted by molar-refractivity contribution is 5.20. The second-order valence-corrected chi connectivity index (χ2v) is 1.70. The summed E-state index contributed by atoms with van der Waals surface area (Å²) in [5, 5.41) is 0. The Kier molecular flexibility index (Phi) is 4.79. The average Bonchev–Trinajstić information content (AvgIpc) is 1.85. The molecular weight excluding hydrogens is 115 g/mol. The van der Waals surface area contributed by atoms with Crippen LogP contribution in [-0.2, 0) is 0 Å². The lowest BCUT2D eigenvalue weighted by Crippen LogP contribution is -1.66. The van der Waals surface area contributed by atoms with E-state index in [-0.39, 0.29) is 0 Å². The van der Waals surface area contributed by atoms with Gasteiger partial charge < -0.3 is 0 Å². The molecule has 0 N–H and O–H groups in total. The maximum Gasteiger partial charge on any atom is 0.108 e. The molecule has 0 aliphatic heterocycles. The summed E-state index contributed by atoms with van der Waals surface area (Å²) in [7, 11) is 0. The molecule has 0 bridgehead atoms. The van der Waals surface area contributed by atoms with Crippen LogP contribution >= 0.6 is 0 Å². The highest BCUT2D eigenvalue weighted by Crippen LogP contribution is 1.93. The maximum atomic E-state index is 11.5. The first-order valence-corrected chi connectivity index (χ1v) is 2.83. The molecule has 0 rings (SSSR count). The number of halogens is 1. The van der Waals surface area contributed by atoms with Gasteiger partial charge in [-0.05, 0) is 6.92 Å². The van der Waals surface area contributed by atoms with E-state index >= 15 is 0 Å². The molecule has 0 amide bonds. The molecule has 0 aromatic heterocycles. The lowest BCUT2D eigenvalue weighted by molar-refractivity contribution is 0.561. The minimum absolute atomic E-state index is 0.400. The van der Waals surface area contributed by atoms with Crippen molar-refractivity contribution in [3.8, 4) is 0 Å². The molecule has 9 heavy (non-hydrogen) atoms. The quantitative estimate of drug-likeness (QED) is 0.510. The van der Waals surface area contributed by atoms with Crippen LogP contribution < -0.4 is 0 Å². The summed E-state index contributed by atoms with van der Waals surface area (Å²) in [5.41, 5.74) is 1.02. The van der Waals surface area contributed by atoms with E-state index in [1.807, 2.05) is 13.0 Å². The van der Waals surface area contributed by atoms with Gasteiger partial charge in [0, 0.05) is 0 Å². The first-order chi connectivity index (χ1) is 4.31. The Labute approximate surface area is 55.4 Å². The van der Waals surface area contributed by atoms with E-state index in [0.717, 1.165) is 5.57 Å². The van der Waals surface area contributed by atoms with Crippen molar-refractivity contribution in [1.29, 1.82) is 0 Å². The zero-order valence-corrected chi connectivity index (χ0v) is 5.60. The van der Waals surface area contributed by atoms with E-state index in [1.54, 1.807) is 12.2 Å². The Bertz CT molecular complexity index is 132. The lowest BCUT2D eigenvalue weighted by Gasteiger charge is -1.84. The smallest absolute Gasteiger partial charge is 0.108 e. The molecule has 0 nitrogen and oxygen atoms in total. The van der Waals surface area contributed by atoms with Gasteiger partial charge in [-0.15, -0.1) is 0 Å². The van der Waals surface area contributed by atoms with Gasteiger partial charge in [-0.2, -0.15) is 0 Å². The van der Waals surface area contributed by atoms with Crippen molar-refractivity contribution < 1.29 is 4.39 Å². The van der Waals surface area contributed by atoms with Crippen LogP contribution in [0.5, 0.6) is 0 Å². The molecular formula is C8H11F. The molecule has 0 heterocycles. The lowest BCUT2D eigenvalue weighted by atomic mass is 10.2. The van der Waals surface area contributed by atoms with Crippen LogP contribution in [0, 0.1) is 0 Å². The van der Waals surface area contributed by atoms with Crippen molar-refractivity contribution in [1.82, 2.24) is 0 Å². The van der Waals surface area contributed by atoms with Crippen LogP contribution in [0.2, 0.25) is 0 Å². The van der Waals surface area contributed by atoms with Crippen LogP contribution in [-0.4, -0.2) is 6.67 Å². The van der Waals surface area contributed by atoms with Crippen LogP contribution in [0.25, 0.3) is 0 Å². The zero-order chi connectivity index (χ0) is 7.11. The van der Waals surface area contributed by atoms with Gasteiger partial charge in [0.15, 0.2) is 0 Å². The molecule has 0 aliphatic carbocycles. The van der Waals surface area contributed by atoms with Crippen LogP contribution in [0.15, 0.2) is 36.5 Å².